The summed E-state index contributed by atoms with van der Waals surface area (Å²) < 4.78 is 11.6. The minimum atomic E-state index is -1.57. The van der Waals surface area contributed by atoms with E-state index in [2.05, 4.69) is 11.9 Å². The quantitative estimate of drug-likeness (QED) is 0.434. The number of hydrogen-bond acceptors (Lipinski definition) is 5. The standard InChI is InChI=1S/C22H30N2O5/c1-5-17(28-10-14-6-15-8-16(15)7-14)9-18-12(2)29-13(3)19(18)20(26)24-22(4,11-25)21(23)27/h5,9,14-16,25H,1,6-8,10-11H2,2-4H3,(H2,23,27)(H,24,26)/b17-9+. The molecule has 158 valence electrons. The van der Waals surface area contributed by atoms with Crippen molar-refractivity contribution >= 4 is 17.9 Å². The number of carbonyl (C=O) groups excluding carboxylic acids is 2. The molecule has 0 aliphatic heterocycles. The first-order valence-corrected chi connectivity index (χ1v) is 9.98. The number of ether oxygens (including phenoxy) is 1. The van der Waals surface area contributed by atoms with Gasteiger partial charge in [-0.2, -0.15) is 0 Å². The molecule has 2 aliphatic carbocycles. The van der Waals surface area contributed by atoms with Gasteiger partial charge >= 0.3 is 0 Å². The maximum absolute atomic E-state index is 12.9. The summed E-state index contributed by atoms with van der Waals surface area (Å²) in [5, 5.41) is 12.0. The molecule has 2 aliphatic rings. The molecule has 4 N–H and O–H groups in total. The monoisotopic (exact) mass is 402 g/mol. The van der Waals surface area contributed by atoms with E-state index in [0.29, 0.717) is 35.4 Å². The smallest absolute Gasteiger partial charge is 0.256 e. The van der Waals surface area contributed by atoms with E-state index in [1.807, 2.05) is 0 Å². The molecule has 3 rings (SSSR count). The first kappa shape index (κ1) is 21.2. The van der Waals surface area contributed by atoms with Gasteiger partial charge in [0.2, 0.25) is 5.91 Å². The molecule has 1 heterocycles. The molecule has 3 unspecified atom stereocenters. The van der Waals surface area contributed by atoms with Gasteiger partial charge in [-0.15, -0.1) is 0 Å². The van der Waals surface area contributed by atoms with Gasteiger partial charge in [0.1, 0.15) is 22.8 Å². The third-order valence-corrected chi connectivity index (χ3v) is 6.10. The maximum Gasteiger partial charge on any atom is 0.256 e. The zero-order valence-corrected chi connectivity index (χ0v) is 17.3. The first-order valence-electron chi connectivity index (χ1n) is 9.98. The number of allylic oxidation sites excluding steroid dienone is 1. The van der Waals surface area contributed by atoms with Gasteiger partial charge in [0.05, 0.1) is 18.8 Å². The SMILES string of the molecule is C=C/C(=C\c1c(C)oc(C)c1C(=O)NC(C)(CO)C(N)=O)OCC1CC2CC2C1. The van der Waals surface area contributed by atoms with E-state index < -0.39 is 24.0 Å². The highest BCUT2D eigenvalue weighted by Crippen LogP contribution is 2.54. The molecule has 7 heteroatoms. The normalized spacial score (nSPS) is 25.1. The highest BCUT2D eigenvalue weighted by molar-refractivity contribution is 6.02. The molecule has 1 aromatic heterocycles. The van der Waals surface area contributed by atoms with Crippen LogP contribution in [0.15, 0.2) is 22.8 Å². The third kappa shape index (κ3) is 4.40. The van der Waals surface area contributed by atoms with Crippen LogP contribution in [0.25, 0.3) is 6.08 Å². The molecule has 3 atom stereocenters. The number of nitrogens with two attached hydrogens (primary N) is 1. The summed E-state index contributed by atoms with van der Waals surface area (Å²) in [5.41, 5.74) is 4.57. The number of aliphatic hydroxyl groups is 1. The molecule has 0 spiro atoms. The summed E-state index contributed by atoms with van der Waals surface area (Å²) in [6, 6.07) is 0. The van der Waals surface area contributed by atoms with Crippen molar-refractivity contribution in [3.8, 4) is 0 Å². The van der Waals surface area contributed by atoms with Crippen LogP contribution < -0.4 is 11.1 Å². The number of rotatable bonds is 9. The first-order chi connectivity index (χ1) is 13.7. The minimum absolute atomic E-state index is 0.272. The fourth-order valence-electron chi connectivity index (χ4n) is 4.14. The molecular weight excluding hydrogens is 372 g/mol. The Bertz CT molecular complexity index is 846. The number of primary amides is 1. The minimum Gasteiger partial charge on any atom is -0.493 e. The Hall–Kier alpha value is -2.54. The van der Waals surface area contributed by atoms with Gasteiger partial charge in [-0.05, 0) is 69.9 Å². The molecule has 1 aromatic rings. The number of aryl methyl sites for hydroxylation is 2. The van der Waals surface area contributed by atoms with E-state index in [1.165, 1.54) is 26.2 Å². The number of hydrogen-bond donors (Lipinski definition) is 3. The van der Waals surface area contributed by atoms with Crippen molar-refractivity contribution in [2.75, 3.05) is 13.2 Å². The lowest BCUT2D eigenvalue weighted by Gasteiger charge is -2.24. The van der Waals surface area contributed by atoms with Crippen LogP contribution in [0.3, 0.4) is 0 Å². The summed E-state index contributed by atoms with van der Waals surface area (Å²) in [6.45, 7) is 8.62. The molecule has 29 heavy (non-hydrogen) atoms. The average molecular weight is 402 g/mol. The van der Waals surface area contributed by atoms with E-state index >= 15 is 0 Å². The van der Waals surface area contributed by atoms with Crippen molar-refractivity contribution in [2.24, 2.45) is 23.5 Å². The van der Waals surface area contributed by atoms with Gasteiger partial charge in [0, 0.05) is 5.56 Å². The molecule has 2 fully saturated rings. The van der Waals surface area contributed by atoms with Crippen molar-refractivity contribution in [3.63, 3.8) is 0 Å². The Morgan fingerprint density at radius 3 is 2.52 bits per heavy atom. The second kappa shape index (κ2) is 8.06. The zero-order chi connectivity index (χ0) is 21.3. The predicted octanol–water partition coefficient (Wildman–Crippen LogP) is 2.45. The number of nitrogens with one attached hydrogen (secondary N) is 1. The van der Waals surface area contributed by atoms with Gasteiger partial charge in [-0.3, -0.25) is 9.59 Å². The topological polar surface area (TPSA) is 115 Å². The Labute approximate surface area is 171 Å². The number of carbonyl (C=O) groups is 2. The van der Waals surface area contributed by atoms with Crippen LogP contribution in [-0.4, -0.2) is 35.7 Å². The lowest BCUT2D eigenvalue weighted by molar-refractivity contribution is -0.124. The fraction of sp³-hybridized carbons (Fsp3) is 0.545. The van der Waals surface area contributed by atoms with Crippen molar-refractivity contribution < 1.29 is 23.8 Å². The van der Waals surface area contributed by atoms with E-state index in [4.69, 9.17) is 14.9 Å². The van der Waals surface area contributed by atoms with E-state index in [1.54, 1.807) is 26.0 Å². The van der Waals surface area contributed by atoms with Crippen LogP contribution in [-0.2, 0) is 9.53 Å². The maximum atomic E-state index is 12.9. The number of aliphatic hydroxyl groups excluding tert-OH is 1. The lowest BCUT2D eigenvalue weighted by atomic mass is 10.0. The Kier molecular flexibility index (Phi) is 5.89. The van der Waals surface area contributed by atoms with Crippen LogP contribution in [0, 0.1) is 31.6 Å². The Balaban J connectivity index is 1.79. The second-order valence-corrected chi connectivity index (χ2v) is 8.47. The lowest BCUT2D eigenvalue weighted by Crippen LogP contribution is -2.58. The molecule has 0 saturated heterocycles. The predicted molar refractivity (Wildman–Crippen MR) is 109 cm³/mol. The highest BCUT2D eigenvalue weighted by Gasteiger charge is 2.45. The van der Waals surface area contributed by atoms with Gasteiger partial charge in [0.25, 0.3) is 5.91 Å². The molecule has 7 nitrogen and oxygen atoms in total. The van der Waals surface area contributed by atoms with Gasteiger partial charge < -0.3 is 25.3 Å². The molecular formula is C22H30N2O5. The Morgan fingerprint density at radius 2 is 1.97 bits per heavy atom. The van der Waals surface area contributed by atoms with Crippen molar-refractivity contribution in [1.82, 2.24) is 5.32 Å². The van der Waals surface area contributed by atoms with Crippen molar-refractivity contribution in [1.29, 1.82) is 0 Å². The molecule has 0 aromatic carbocycles. The van der Waals surface area contributed by atoms with Gasteiger partial charge in [-0.1, -0.05) is 6.58 Å². The summed E-state index contributed by atoms with van der Waals surface area (Å²) in [7, 11) is 0. The molecule has 0 bridgehead atoms. The molecule has 2 amide bonds. The van der Waals surface area contributed by atoms with Gasteiger partial charge in [-0.25, -0.2) is 0 Å². The van der Waals surface area contributed by atoms with Gasteiger partial charge in [0.15, 0.2) is 0 Å². The van der Waals surface area contributed by atoms with Crippen LogP contribution >= 0.6 is 0 Å². The summed E-state index contributed by atoms with van der Waals surface area (Å²) in [6.07, 6.45) is 7.15. The van der Waals surface area contributed by atoms with Crippen LogP contribution in [0.1, 0.15) is 53.6 Å². The van der Waals surface area contributed by atoms with Crippen LogP contribution in [0.2, 0.25) is 0 Å². The van der Waals surface area contributed by atoms with Crippen LogP contribution in [0.4, 0.5) is 0 Å². The third-order valence-electron chi connectivity index (χ3n) is 6.10. The van der Waals surface area contributed by atoms with Crippen LogP contribution in [0.5, 0.6) is 0 Å². The van der Waals surface area contributed by atoms with E-state index in [9.17, 15) is 14.7 Å². The zero-order valence-electron chi connectivity index (χ0n) is 17.3. The second-order valence-electron chi connectivity index (χ2n) is 8.47. The number of fused-ring (bicyclic) bond motifs is 1. The van der Waals surface area contributed by atoms with E-state index in [0.717, 1.165) is 11.8 Å². The van der Waals surface area contributed by atoms with E-state index in [-0.39, 0.29) is 5.56 Å². The van der Waals surface area contributed by atoms with Crippen molar-refractivity contribution in [3.05, 3.63) is 41.1 Å². The molecule has 0 radical (unpaired) electrons. The highest BCUT2D eigenvalue weighted by atomic mass is 16.5. The summed E-state index contributed by atoms with van der Waals surface area (Å²) in [5.74, 6) is 2.46. The number of amides is 2. The Morgan fingerprint density at radius 1 is 1.31 bits per heavy atom. The fourth-order valence-corrected chi connectivity index (χ4v) is 4.14. The number of furan rings is 1. The largest absolute Gasteiger partial charge is 0.493 e. The summed E-state index contributed by atoms with van der Waals surface area (Å²) in [4.78, 5) is 24.5. The molecule has 2 saturated carbocycles. The average Bonchev–Trinajstić information content (AvgIpc) is 3.17. The summed E-state index contributed by atoms with van der Waals surface area (Å²) >= 11 is 0. The van der Waals surface area contributed by atoms with Crippen molar-refractivity contribution in [2.45, 2.75) is 45.6 Å².